The molecule has 4 atom stereocenters. The molecule has 2 N–H and O–H groups in total. The predicted octanol–water partition coefficient (Wildman–Crippen LogP) is 2.25. The number of methoxy groups -OCH3 is 1. The molecule has 1 heterocycles. The van der Waals surface area contributed by atoms with Crippen LogP contribution < -0.4 is 5.73 Å². The van der Waals surface area contributed by atoms with E-state index in [-0.39, 0.29) is 5.54 Å². The molecule has 18 heavy (non-hydrogen) atoms. The van der Waals surface area contributed by atoms with Crippen LogP contribution in [0.2, 0.25) is 0 Å². The van der Waals surface area contributed by atoms with Crippen LogP contribution >= 0.6 is 0 Å². The number of hydrogen-bond acceptors (Lipinski definition) is 3. The van der Waals surface area contributed by atoms with Gasteiger partial charge in [0, 0.05) is 25.7 Å². The fourth-order valence-electron chi connectivity index (χ4n) is 4.12. The van der Waals surface area contributed by atoms with Gasteiger partial charge in [-0.1, -0.05) is 13.8 Å². The normalized spacial score (nSPS) is 43.0. The van der Waals surface area contributed by atoms with Crippen molar-refractivity contribution in [2.75, 3.05) is 26.7 Å². The fourth-order valence-corrected chi connectivity index (χ4v) is 4.12. The minimum Gasteiger partial charge on any atom is -0.380 e. The number of likely N-dealkylation sites (tertiary alicyclic amines) is 1. The molecule has 3 nitrogen and oxygen atoms in total. The Bertz CT molecular complexity index is 271. The van der Waals surface area contributed by atoms with Gasteiger partial charge in [0.1, 0.15) is 0 Å². The second-order valence-corrected chi connectivity index (χ2v) is 6.53. The first-order valence-electron chi connectivity index (χ1n) is 7.60. The van der Waals surface area contributed by atoms with Crippen LogP contribution in [-0.2, 0) is 4.74 Å². The van der Waals surface area contributed by atoms with Crippen molar-refractivity contribution < 1.29 is 4.74 Å². The molecule has 0 aromatic rings. The van der Waals surface area contributed by atoms with Crippen molar-refractivity contribution in [3.05, 3.63) is 0 Å². The molecule has 3 heteroatoms. The van der Waals surface area contributed by atoms with Gasteiger partial charge in [0.05, 0.1) is 6.10 Å². The second-order valence-electron chi connectivity index (χ2n) is 6.53. The highest BCUT2D eigenvalue weighted by atomic mass is 16.5. The summed E-state index contributed by atoms with van der Waals surface area (Å²) in [5.74, 6) is 1.57. The van der Waals surface area contributed by atoms with Crippen molar-refractivity contribution in [1.29, 1.82) is 0 Å². The van der Waals surface area contributed by atoms with Crippen LogP contribution in [0, 0.1) is 11.8 Å². The monoisotopic (exact) mass is 254 g/mol. The first-order valence-corrected chi connectivity index (χ1v) is 7.60. The molecule has 0 radical (unpaired) electrons. The van der Waals surface area contributed by atoms with Crippen LogP contribution in [0.25, 0.3) is 0 Å². The van der Waals surface area contributed by atoms with Crippen LogP contribution in [0.15, 0.2) is 0 Å². The number of piperidine rings is 1. The Hall–Kier alpha value is -0.120. The topological polar surface area (TPSA) is 38.5 Å². The number of nitrogens with zero attached hydrogens (tertiary/aromatic N) is 1. The predicted molar refractivity (Wildman–Crippen MR) is 75.6 cm³/mol. The number of rotatable bonds is 3. The largest absolute Gasteiger partial charge is 0.380 e. The molecule has 0 bridgehead atoms. The van der Waals surface area contributed by atoms with Crippen molar-refractivity contribution in [2.24, 2.45) is 17.6 Å². The fraction of sp³-hybridized carbons (Fsp3) is 1.00. The van der Waals surface area contributed by atoms with Crippen molar-refractivity contribution >= 4 is 0 Å². The molecule has 2 aliphatic rings. The summed E-state index contributed by atoms with van der Waals surface area (Å²) in [5.41, 5.74) is 6.45. The highest BCUT2D eigenvalue weighted by molar-refractivity contribution is 5.01. The Morgan fingerprint density at radius 3 is 2.72 bits per heavy atom. The SMILES string of the molecule is COC1CCCN(C2(CN)CCC(C)CC2C)C1. The summed E-state index contributed by atoms with van der Waals surface area (Å²) in [6.45, 7) is 7.86. The van der Waals surface area contributed by atoms with Crippen LogP contribution in [-0.4, -0.2) is 43.3 Å². The lowest BCUT2D eigenvalue weighted by atomic mass is 9.68. The summed E-state index contributed by atoms with van der Waals surface area (Å²) in [6, 6.07) is 0. The van der Waals surface area contributed by atoms with E-state index in [0.717, 1.165) is 19.0 Å². The third kappa shape index (κ3) is 2.59. The standard InChI is InChI=1S/C15H30N2O/c1-12-6-7-15(11-16,13(2)9-12)17-8-4-5-14(10-17)18-3/h12-14H,4-11,16H2,1-3H3. The second kappa shape index (κ2) is 5.89. The van der Waals surface area contributed by atoms with Gasteiger partial charge in [-0.15, -0.1) is 0 Å². The molecule has 0 aromatic heterocycles. The first kappa shape index (κ1) is 14.3. The molecule has 1 saturated heterocycles. The lowest BCUT2D eigenvalue weighted by Gasteiger charge is -2.53. The average Bonchev–Trinajstić information content (AvgIpc) is 2.39. The lowest BCUT2D eigenvalue weighted by molar-refractivity contribution is -0.0574. The van der Waals surface area contributed by atoms with Gasteiger partial charge in [-0.3, -0.25) is 4.90 Å². The minimum absolute atomic E-state index is 0.240. The van der Waals surface area contributed by atoms with Gasteiger partial charge in [0.2, 0.25) is 0 Å². The van der Waals surface area contributed by atoms with E-state index in [1.165, 1.54) is 38.6 Å². The zero-order valence-corrected chi connectivity index (χ0v) is 12.3. The van der Waals surface area contributed by atoms with Crippen LogP contribution in [0.1, 0.15) is 46.0 Å². The van der Waals surface area contributed by atoms with E-state index in [4.69, 9.17) is 10.5 Å². The molecular weight excluding hydrogens is 224 g/mol. The van der Waals surface area contributed by atoms with Crippen LogP contribution in [0.4, 0.5) is 0 Å². The van der Waals surface area contributed by atoms with Gasteiger partial charge < -0.3 is 10.5 Å². The highest BCUT2D eigenvalue weighted by Crippen LogP contribution is 2.41. The van der Waals surface area contributed by atoms with E-state index in [0.29, 0.717) is 12.0 Å². The van der Waals surface area contributed by atoms with E-state index in [9.17, 15) is 0 Å². The maximum atomic E-state index is 6.21. The summed E-state index contributed by atoms with van der Waals surface area (Å²) in [5, 5.41) is 0. The number of ether oxygens (including phenoxy) is 1. The van der Waals surface area contributed by atoms with E-state index < -0.39 is 0 Å². The molecule has 0 amide bonds. The Kier molecular flexibility index (Phi) is 4.68. The van der Waals surface area contributed by atoms with Crippen LogP contribution in [0.5, 0.6) is 0 Å². The Morgan fingerprint density at radius 2 is 2.11 bits per heavy atom. The first-order chi connectivity index (χ1) is 8.62. The molecular formula is C15H30N2O. The Balaban J connectivity index is 2.11. The quantitative estimate of drug-likeness (QED) is 0.839. The Morgan fingerprint density at radius 1 is 1.33 bits per heavy atom. The van der Waals surface area contributed by atoms with E-state index in [2.05, 4.69) is 18.7 Å². The maximum Gasteiger partial charge on any atom is 0.0698 e. The summed E-state index contributed by atoms with van der Waals surface area (Å²) in [6.07, 6.45) is 6.79. The maximum absolute atomic E-state index is 6.21. The van der Waals surface area contributed by atoms with E-state index >= 15 is 0 Å². The highest BCUT2D eigenvalue weighted by Gasteiger charge is 2.44. The zero-order valence-electron chi connectivity index (χ0n) is 12.3. The molecule has 4 unspecified atom stereocenters. The summed E-state index contributed by atoms with van der Waals surface area (Å²) in [4.78, 5) is 2.65. The Labute approximate surface area is 112 Å². The van der Waals surface area contributed by atoms with Crippen LogP contribution in [0.3, 0.4) is 0 Å². The zero-order chi connectivity index (χ0) is 13.2. The molecule has 0 spiro atoms. The third-order valence-electron chi connectivity index (χ3n) is 5.44. The van der Waals surface area contributed by atoms with Crippen molar-refractivity contribution in [3.63, 3.8) is 0 Å². The molecule has 1 aliphatic carbocycles. The lowest BCUT2D eigenvalue weighted by Crippen LogP contribution is -2.62. The molecule has 1 aliphatic heterocycles. The van der Waals surface area contributed by atoms with Crippen molar-refractivity contribution in [1.82, 2.24) is 4.90 Å². The smallest absolute Gasteiger partial charge is 0.0698 e. The number of hydrogen-bond donors (Lipinski definition) is 1. The van der Waals surface area contributed by atoms with Gasteiger partial charge >= 0.3 is 0 Å². The van der Waals surface area contributed by atoms with Gasteiger partial charge in [0.25, 0.3) is 0 Å². The molecule has 106 valence electrons. The van der Waals surface area contributed by atoms with Gasteiger partial charge in [-0.25, -0.2) is 0 Å². The van der Waals surface area contributed by atoms with Crippen molar-refractivity contribution in [2.45, 2.75) is 57.6 Å². The summed E-state index contributed by atoms with van der Waals surface area (Å²) >= 11 is 0. The van der Waals surface area contributed by atoms with Crippen molar-refractivity contribution in [3.8, 4) is 0 Å². The average molecular weight is 254 g/mol. The summed E-state index contributed by atoms with van der Waals surface area (Å²) < 4.78 is 5.58. The summed E-state index contributed by atoms with van der Waals surface area (Å²) in [7, 11) is 1.84. The molecule has 2 rings (SSSR count). The minimum atomic E-state index is 0.240. The molecule has 2 fully saturated rings. The van der Waals surface area contributed by atoms with E-state index in [1.54, 1.807) is 0 Å². The number of nitrogens with two attached hydrogens (primary N) is 1. The van der Waals surface area contributed by atoms with E-state index in [1.807, 2.05) is 7.11 Å². The van der Waals surface area contributed by atoms with Gasteiger partial charge in [-0.05, 0) is 50.5 Å². The molecule has 0 aromatic carbocycles. The third-order valence-corrected chi connectivity index (χ3v) is 5.44. The molecule has 1 saturated carbocycles. The van der Waals surface area contributed by atoms with Gasteiger partial charge in [0.15, 0.2) is 0 Å². The van der Waals surface area contributed by atoms with Gasteiger partial charge in [-0.2, -0.15) is 0 Å².